The van der Waals surface area contributed by atoms with Crippen molar-refractivity contribution < 1.29 is 14.4 Å². The van der Waals surface area contributed by atoms with Crippen molar-refractivity contribution in [2.75, 3.05) is 0 Å². The number of nitrogens with one attached hydrogen (secondary N) is 2. The summed E-state index contributed by atoms with van der Waals surface area (Å²) in [5, 5.41) is 4.92. The van der Waals surface area contributed by atoms with Gasteiger partial charge in [0.15, 0.2) is 0 Å². The number of carbonyl (C=O) groups is 3. The Kier molecular flexibility index (Phi) is 6.52. The SMILES string of the molecule is CC(NC(=O)C(C)NC(=O)C(N)Cc1ccccc1)C(N)=O. The highest BCUT2D eigenvalue weighted by atomic mass is 16.2. The molecule has 0 aliphatic carbocycles. The van der Waals surface area contributed by atoms with E-state index in [4.69, 9.17) is 11.5 Å². The second-order valence-electron chi connectivity index (χ2n) is 5.16. The second kappa shape index (κ2) is 8.14. The molecule has 7 heteroatoms. The second-order valence-corrected chi connectivity index (χ2v) is 5.16. The van der Waals surface area contributed by atoms with Crippen LogP contribution < -0.4 is 22.1 Å². The Morgan fingerprint density at radius 2 is 1.55 bits per heavy atom. The van der Waals surface area contributed by atoms with Crippen LogP contribution in [0.25, 0.3) is 0 Å². The molecule has 0 saturated carbocycles. The highest BCUT2D eigenvalue weighted by Gasteiger charge is 2.22. The summed E-state index contributed by atoms with van der Waals surface area (Å²) < 4.78 is 0. The maximum atomic E-state index is 12.0. The minimum absolute atomic E-state index is 0.374. The molecule has 0 saturated heterocycles. The molecule has 120 valence electrons. The zero-order valence-electron chi connectivity index (χ0n) is 12.7. The van der Waals surface area contributed by atoms with Crippen LogP contribution in [0, 0.1) is 0 Å². The van der Waals surface area contributed by atoms with Gasteiger partial charge in [0.1, 0.15) is 12.1 Å². The van der Waals surface area contributed by atoms with Gasteiger partial charge in [-0.25, -0.2) is 0 Å². The first-order valence-electron chi connectivity index (χ1n) is 7.00. The van der Waals surface area contributed by atoms with E-state index < -0.39 is 35.8 Å². The van der Waals surface area contributed by atoms with Gasteiger partial charge in [-0.15, -0.1) is 0 Å². The highest BCUT2D eigenvalue weighted by molar-refractivity contribution is 5.92. The Morgan fingerprint density at radius 1 is 1.00 bits per heavy atom. The average Bonchev–Trinajstić information content (AvgIpc) is 2.47. The van der Waals surface area contributed by atoms with Crippen LogP contribution in [0.4, 0.5) is 0 Å². The molecule has 0 bridgehead atoms. The van der Waals surface area contributed by atoms with Crippen molar-refractivity contribution in [2.45, 2.75) is 38.4 Å². The molecule has 3 amide bonds. The molecule has 0 fully saturated rings. The maximum absolute atomic E-state index is 12.0. The minimum atomic E-state index is -0.809. The summed E-state index contributed by atoms with van der Waals surface area (Å²) in [6.45, 7) is 2.98. The van der Waals surface area contributed by atoms with Crippen molar-refractivity contribution >= 4 is 17.7 Å². The lowest BCUT2D eigenvalue weighted by Crippen LogP contribution is -2.53. The third-order valence-electron chi connectivity index (χ3n) is 3.17. The lowest BCUT2D eigenvalue weighted by atomic mass is 10.1. The summed E-state index contributed by atoms with van der Waals surface area (Å²) in [5.74, 6) is -1.57. The van der Waals surface area contributed by atoms with Crippen LogP contribution in [0.3, 0.4) is 0 Å². The summed E-state index contributed by atoms with van der Waals surface area (Å²) in [6, 6.07) is 6.98. The molecule has 0 radical (unpaired) electrons. The van der Waals surface area contributed by atoms with E-state index in [0.717, 1.165) is 5.56 Å². The molecule has 0 heterocycles. The lowest BCUT2D eigenvalue weighted by molar-refractivity contribution is -0.131. The molecule has 7 nitrogen and oxygen atoms in total. The lowest BCUT2D eigenvalue weighted by Gasteiger charge is -2.19. The fourth-order valence-corrected chi connectivity index (χ4v) is 1.76. The number of primary amides is 1. The van der Waals surface area contributed by atoms with Gasteiger partial charge in [-0.1, -0.05) is 30.3 Å². The van der Waals surface area contributed by atoms with Gasteiger partial charge >= 0.3 is 0 Å². The fraction of sp³-hybridized carbons (Fsp3) is 0.400. The Hall–Kier alpha value is -2.41. The van der Waals surface area contributed by atoms with E-state index in [1.807, 2.05) is 30.3 Å². The van der Waals surface area contributed by atoms with Crippen LogP contribution in [0.1, 0.15) is 19.4 Å². The van der Waals surface area contributed by atoms with Crippen molar-refractivity contribution in [1.29, 1.82) is 0 Å². The van der Waals surface area contributed by atoms with Gasteiger partial charge < -0.3 is 22.1 Å². The predicted octanol–water partition coefficient (Wildman–Crippen LogP) is -0.949. The largest absolute Gasteiger partial charge is 0.368 e. The summed E-state index contributed by atoms with van der Waals surface area (Å²) >= 11 is 0. The molecule has 0 spiro atoms. The third-order valence-corrected chi connectivity index (χ3v) is 3.17. The quantitative estimate of drug-likeness (QED) is 0.518. The summed E-state index contributed by atoms with van der Waals surface area (Å²) in [7, 11) is 0. The normalized spacial score (nSPS) is 14.5. The minimum Gasteiger partial charge on any atom is -0.368 e. The number of rotatable bonds is 7. The Morgan fingerprint density at radius 3 is 2.09 bits per heavy atom. The van der Waals surface area contributed by atoms with Gasteiger partial charge in [-0.05, 0) is 25.8 Å². The molecule has 0 aliphatic heterocycles. The number of amides is 3. The van der Waals surface area contributed by atoms with Gasteiger partial charge in [0.05, 0.1) is 6.04 Å². The molecule has 1 aromatic rings. The molecule has 1 aromatic carbocycles. The number of benzene rings is 1. The number of hydrogen-bond acceptors (Lipinski definition) is 4. The Balaban J connectivity index is 2.49. The van der Waals surface area contributed by atoms with Crippen molar-refractivity contribution in [1.82, 2.24) is 10.6 Å². The van der Waals surface area contributed by atoms with Crippen molar-refractivity contribution in [3.63, 3.8) is 0 Å². The van der Waals surface area contributed by atoms with E-state index >= 15 is 0 Å². The number of carbonyl (C=O) groups excluding carboxylic acids is 3. The molecule has 22 heavy (non-hydrogen) atoms. The highest BCUT2D eigenvalue weighted by Crippen LogP contribution is 2.02. The summed E-state index contributed by atoms with van der Waals surface area (Å²) in [5.41, 5.74) is 11.8. The Labute approximate surface area is 129 Å². The predicted molar refractivity (Wildman–Crippen MR) is 82.5 cm³/mol. The molecule has 1 rings (SSSR count). The molecular formula is C15H22N4O3. The van der Waals surface area contributed by atoms with Crippen molar-refractivity contribution in [2.24, 2.45) is 11.5 Å². The molecule has 3 atom stereocenters. The number of nitrogens with two attached hydrogens (primary N) is 2. The first kappa shape index (κ1) is 17.6. The van der Waals surface area contributed by atoms with Crippen LogP contribution in [0.5, 0.6) is 0 Å². The number of hydrogen-bond donors (Lipinski definition) is 4. The molecule has 0 aliphatic rings. The Bertz CT molecular complexity index is 533. The van der Waals surface area contributed by atoms with Crippen LogP contribution in [0.15, 0.2) is 30.3 Å². The van der Waals surface area contributed by atoms with Gasteiger partial charge in [0.25, 0.3) is 0 Å². The van der Waals surface area contributed by atoms with Gasteiger partial charge in [0.2, 0.25) is 17.7 Å². The molecular weight excluding hydrogens is 284 g/mol. The van der Waals surface area contributed by atoms with Gasteiger partial charge in [-0.2, -0.15) is 0 Å². The topological polar surface area (TPSA) is 127 Å². The standard InChI is InChI=1S/C15H22N4O3/c1-9(13(17)20)18-14(21)10(2)19-15(22)12(16)8-11-6-4-3-5-7-11/h3-7,9-10,12H,8,16H2,1-2H3,(H2,17,20)(H,18,21)(H,19,22). The smallest absolute Gasteiger partial charge is 0.242 e. The zero-order chi connectivity index (χ0) is 16.7. The summed E-state index contributed by atoms with van der Waals surface area (Å²) in [6.07, 6.45) is 0.374. The van der Waals surface area contributed by atoms with E-state index in [1.165, 1.54) is 13.8 Å². The van der Waals surface area contributed by atoms with E-state index in [-0.39, 0.29) is 0 Å². The van der Waals surface area contributed by atoms with Gasteiger partial charge in [0, 0.05) is 0 Å². The van der Waals surface area contributed by atoms with Crippen LogP contribution >= 0.6 is 0 Å². The van der Waals surface area contributed by atoms with E-state index in [2.05, 4.69) is 10.6 Å². The van der Waals surface area contributed by atoms with E-state index in [9.17, 15) is 14.4 Å². The first-order valence-corrected chi connectivity index (χ1v) is 7.00. The van der Waals surface area contributed by atoms with E-state index in [1.54, 1.807) is 0 Å². The third kappa shape index (κ3) is 5.53. The average molecular weight is 306 g/mol. The monoisotopic (exact) mass is 306 g/mol. The summed E-state index contributed by atoms with van der Waals surface area (Å²) in [4.78, 5) is 34.7. The molecule has 6 N–H and O–H groups in total. The van der Waals surface area contributed by atoms with Crippen molar-refractivity contribution in [3.05, 3.63) is 35.9 Å². The molecule has 3 unspecified atom stereocenters. The van der Waals surface area contributed by atoms with Gasteiger partial charge in [-0.3, -0.25) is 14.4 Å². The van der Waals surface area contributed by atoms with Crippen LogP contribution in [-0.2, 0) is 20.8 Å². The fourth-order valence-electron chi connectivity index (χ4n) is 1.76. The first-order chi connectivity index (χ1) is 10.3. The maximum Gasteiger partial charge on any atom is 0.242 e. The van der Waals surface area contributed by atoms with E-state index in [0.29, 0.717) is 6.42 Å². The van der Waals surface area contributed by atoms with Crippen LogP contribution in [-0.4, -0.2) is 35.8 Å². The molecule has 0 aromatic heterocycles. The van der Waals surface area contributed by atoms with Crippen molar-refractivity contribution in [3.8, 4) is 0 Å². The van der Waals surface area contributed by atoms with Crippen LogP contribution in [0.2, 0.25) is 0 Å². The zero-order valence-corrected chi connectivity index (χ0v) is 12.7.